The molecule has 1 heterocycles. The third kappa shape index (κ3) is 4.34. The van der Waals surface area contributed by atoms with E-state index in [1.165, 1.54) is 14.2 Å². The minimum absolute atomic E-state index is 0.0329. The Kier molecular flexibility index (Phi) is 5.95. The van der Waals surface area contributed by atoms with Crippen molar-refractivity contribution in [3.05, 3.63) is 35.9 Å². The number of carbonyl (C=O) groups is 2. The summed E-state index contributed by atoms with van der Waals surface area (Å²) in [4.78, 5) is 27.5. The average Bonchev–Trinajstić information content (AvgIpc) is 3.00. The second-order valence-corrected chi connectivity index (χ2v) is 5.09. The first kappa shape index (κ1) is 17.5. The summed E-state index contributed by atoms with van der Waals surface area (Å²) in [5.74, 6) is -0.658. The fourth-order valence-corrected chi connectivity index (χ4v) is 2.07. The van der Waals surface area contributed by atoms with Gasteiger partial charge in [-0.1, -0.05) is 13.3 Å². The number of hydrogen-bond acceptors (Lipinski definition) is 7. The number of aromatic nitrogens is 1. The van der Waals surface area contributed by atoms with Crippen LogP contribution in [0.25, 0.3) is 11.1 Å². The van der Waals surface area contributed by atoms with E-state index in [9.17, 15) is 9.59 Å². The molecule has 0 fully saturated rings. The van der Waals surface area contributed by atoms with Crippen LogP contribution >= 0.6 is 0 Å². The second-order valence-electron chi connectivity index (χ2n) is 5.09. The van der Waals surface area contributed by atoms with Crippen LogP contribution in [-0.2, 0) is 25.5 Å². The first-order valence-corrected chi connectivity index (χ1v) is 7.61. The van der Waals surface area contributed by atoms with Crippen LogP contribution in [0.2, 0.25) is 0 Å². The number of rotatable bonds is 7. The lowest BCUT2D eigenvalue weighted by Gasteiger charge is -2.08. The number of nitrogens with one attached hydrogen (secondary N) is 1. The van der Waals surface area contributed by atoms with Gasteiger partial charge in [0, 0.05) is 18.2 Å². The maximum absolute atomic E-state index is 11.8. The van der Waals surface area contributed by atoms with Crippen molar-refractivity contribution in [2.45, 2.75) is 26.2 Å². The van der Waals surface area contributed by atoms with Crippen molar-refractivity contribution < 1.29 is 23.5 Å². The smallest absolute Gasteiger partial charge is 0.354 e. The number of hydrogen-bond donors (Lipinski definition) is 1. The molecule has 0 saturated carbocycles. The summed E-state index contributed by atoms with van der Waals surface area (Å²) >= 11 is 0. The molecule has 2 aromatic rings. The lowest BCUT2D eigenvalue weighted by Crippen LogP contribution is -2.15. The molecule has 128 valence electrons. The maximum atomic E-state index is 11.8. The Morgan fingerprint density at radius 3 is 2.75 bits per heavy atom. The average molecular weight is 332 g/mol. The Hall–Kier alpha value is -2.83. The van der Waals surface area contributed by atoms with Gasteiger partial charge in [0.25, 0.3) is 0 Å². The molecule has 0 saturated heterocycles. The van der Waals surface area contributed by atoms with Gasteiger partial charge in [-0.15, -0.1) is 0 Å². The zero-order valence-corrected chi connectivity index (χ0v) is 13.9. The maximum Gasteiger partial charge on any atom is 0.354 e. The van der Waals surface area contributed by atoms with Crippen LogP contribution in [0.15, 0.2) is 34.4 Å². The largest absolute Gasteiger partial charge is 0.466 e. The number of fused-ring (bicyclic) bond motifs is 1. The Balaban J connectivity index is 2.25. The molecule has 0 radical (unpaired) electrons. The van der Waals surface area contributed by atoms with Gasteiger partial charge < -0.3 is 19.2 Å². The Bertz CT molecular complexity index is 763. The topological polar surface area (TPSA) is 90.7 Å². The van der Waals surface area contributed by atoms with Gasteiger partial charge in [-0.2, -0.15) is 0 Å². The number of aryl methyl sites for hydroxylation is 1. The molecule has 1 N–H and O–H groups in total. The normalized spacial score (nSPS) is 11.4. The molecule has 1 aromatic heterocycles. The number of nitrogens with zero attached hydrogens (tertiary/aromatic N) is 1. The van der Waals surface area contributed by atoms with Crippen LogP contribution in [0.1, 0.15) is 25.7 Å². The monoisotopic (exact) mass is 332 g/mol. The number of methoxy groups -OCH3 is 2. The summed E-state index contributed by atoms with van der Waals surface area (Å²) in [6.45, 7) is 2.10. The number of unbranched alkanes of at least 4 members (excludes halogenated alkanes) is 1. The van der Waals surface area contributed by atoms with Gasteiger partial charge in [0.2, 0.25) is 0 Å². The zero-order chi connectivity index (χ0) is 17.5. The fraction of sp³-hybridized carbons (Fsp3) is 0.353. The van der Waals surface area contributed by atoms with Crippen molar-refractivity contribution in [3.63, 3.8) is 0 Å². The van der Waals surface area contributed by atoms with Crippen LogP contribution < -0.4 is 5.32 Å². The third-order valence-electron chi connectivity index (χ3n) is 3.32. The van der Waals surface area contributed by atoms with E-state index in [4.69, 9.17) is 4.42 Å². The van der Waals surface area contributed by atoms with Crippen LogP contribution in [-0.4, -0.2) is 31.1 Å². The molecular formula is C17H20N2O5. The Morgan fingerprint density at radius 1 is 1.29 bits per heavy atom. The highest BCUT2D eigenvalue weighted by Crippen LogP contribution is 2.22. The highest BCUT2D eigenvalue weighted by Gasteiger charge is 2.14. The minimum atomic E-state index is -0.679. The van der Waals surface area contributed by atoms with Gasteiger partial charge in [0.15, 0.2) is 11.5 Å². The SMILES string of the molecule is CCCCc1nc2ccc(N/C(=C/C(=O)OC)C(=O)OC)cc2o1. The number of anilines is 1. The lowest BCUT2D eigenvalue weighted by atomic mass is 10.2. The zero-order valence-electron chi connectivity index (χ0n) is 13.9. The summed E-state index contributed by atoms with van der Waals surface area (Å²) in [7, 11) is 2.46. The van der Waals surface area contributed by atoms with Crippen LogP contribution in [0.5, 0.6) is 0 Å². The first-order chi connectivity index (χ1) is 11.6. The number of esters is 2. The van der Waals surface area contributed by atoms with Crippen LogP contribution in [0.3, 0.4) is 0 Å². The number of oxazole rings is 1. The number of ether oxygens (including phenoxy) is 2. The van der Waals surface area contributed by atoms with Crippen molar-refractivity contribution in [1.29, 1.82) is 0 Å². The highest BCUT2D eigenvalue weighted by molar-refractivity contribution is 5.99. The molecule has 0 aliphatic heterocycles. The molecule has 1 aromatic carbocycles. The standard InChI is InChI=1S/C17H20N2O5/c1-4-5-6-15-19-12-8-7-11(9-14(12)24-15)18-13(17(21)23-3)10-16(20)22-2/h7-10,18H,4-6H2,1-3H3/b13-10+. The fourth-order valence-electron chi connectivity index (χ4n) is 2.07. The van der Waals surface area contributed by atoms with E-state index < -0.39 is 11.9 Å². The van der Waals surface area contributed by atoms with Crippen LogP contribution in [0.4, 0.5) is 5.69 Å². The molecule has 24 heavy (non-hydrogen) atoms. The molecule has 0 atom stereocenters. The minimum Gasteiger partial charge on any atom is -0.466 e. The van der Waals surface area contributed by atoms with Crippen molar-refractivity contribution >= 4 is 28.7 Å². The van der Waals surface area contributed by atoms with E-state index in [1.54, 1.807) is 18.2 Å². The van der Waals surface area contributed by atoms with Gasteiger partial charge >= 0.3 is 11.9 Å². The van der Waals surface area contributed by atoms with Crippen molar-refractivity contribution in [1.82, 2.24) is 4.98 Å². The molecule has 7 heteroatoms. The van der Waals surface area contributed by atoms with E-state index in [1.807, 2.05) is 0 Å². The van der Waals surface area contributed by atoms with Gasteiger partial charge in [-0.3, -0.25) is 0 Å². The molecular weight excluding hydrogens is 312 g/mol. The highest BCUT2D eigenvalue weighted by atomic mass is 16.5. The molecule has 2 rings (SSSR count). The predicted octanol–water partition coefficient (Wildman–Crippen LogP) is 2.81. The second kappa shape index (κ2) is 8.14. The summed E-state index contributed by atoms with van der Waals surface area (Å²) in [6, 6.07) is 5.23. The van der Waals surface area contributed by atoms with Crippen molar-refractivity contribution in [2.75, 3.05) is 19.5 Å². The Morgan fingerprint density at radius 2 is 2.08 bits per heavy atom. The summed E-state index contributed by atoms with van der Waals surface area (Å²) in [5.41, 5.74) is 1.88. The van der Waals surface area contributed by atoms with Crippen molar-refractivity contribution in [3.8, 4) is 0 Å². The molecule has 7 nitrogen and oxygen atoms in total. The van der Waals surface area contributed by atoms with E-state index in [2.05, 4.69) is 26.7 Å². The number of carbonyl (C=O) groups excluding carboxylic acids is 2. The van der Waals surface area contributed by atoms with E-state index in [-0.39, 0.29) is 5.70 Å². The number of benzene rings is 1. The van der Waals surface area contributed by atoms with E-state index in [0.717, 1.165) is 30.9 Å². The molecule has 0 aliphatic rings. The van der Waals surface area contributed by atoms with Gasteiger partial charge in [-0.05, 0) is 18.6 Å². The quantitative estimate of drug-likeness (QED) is 0.616. The molecule has 0 spiro atoms. The lowest BCUT2D eigenvalue weighted by molar-refractivity contribution is -0.138. The van der Waals surface area contributed by atoms with Gasteiger partial charge in [0.1, 0.15) is 11.2 Å². The third-order valence-corrected chi connectivity index (χ3v) is 3.32. The summed E-state index contributed by atoms with van der Waals surface area (Å²) < 4.78 is 14.9. The Labute approximate surface area is 139 Å². The molecule has 0 unspecified atom stereocenters. The summed E-state index contributed by atoms with van der Waals surface area (Å²) in [5, 5.41) is 2.84. The van der Waals surface area contributed by atoms with Gasteiger partial charge in [-0.25, -0.2) is 14.6 Å². The van der Waals surface area contributed by atoms with Gasteiger partial charge in [0.05, 0.1) is 20.3 Å². The molecule has 0 amide bonds. The van der Waals surface area contributed by atoms with E-state index >= 15 is 0 Å². The molecule has 0 bridgehead atoms. The first-order valence-electron chi connectivity index (χ1n) is 7.61. The van der Waals surface area contributed by atoms with E-state index in [0.29, 0.717) is 17.2 Å². The van der Waals surface area contributed by atoms with Crippen molar-refractivity contribution in [2.24, 2.45) is 0 Å². The summed E-state index contributed by atoms with van der Waals surface area (Å²) in [6.07, 6.45) is 3.88. The predicted molar refractivity (Wildman–Crippen MR) is 88.4 cm³/mol. The van der Waals surface area contributed by atoms with Crippen LogP contribution in [0, 0.1) is 0 Å². The molecule has 0 aliphatic carbocycles.